The quantitative estimate of drug-likeness (QED) is 0.441. The van der Waals surface area contributed by atoms with E-state index in [1.807, 2.05) is 20.8 Å². The first-order valence-corrected chi connectivity index (χ1v) is 12.3. The molecule has 1 aliphatic carbocycles. The molecule has 0 spiro atoms. The SMILES string of the molecule is C=CC(N)=O.Cc1nc(C)c(Cn2c(=O)[nH]c(=O)c3cc(S(=O)(=O)NC4(C)CC4)ccc32)s1. The molecule has 4 N–H and O–H groups in total. The first-order chi connectivity index (χ1) is 15.3. The fourth-order valence-corrected chi connectivity index (χ4v) is 5.55. The number of nitrogens with zero attached hydrogens (tertiary/aromatic N) is 2. The van der Waals surface area contributed by atoms with Crippen LogP contribution in [0.15, 0.2) is 45.3 Å². The van der Waals surface area contributed by atoms with Gasteiger partial charge in [-0.3, -0.25) is 19.1 Å². The molecule has 4 rings (SSSR count). The van der Waals surface area contributed by atoms with Crippen molar-refractivity contribution in [2.75, 3.05) is 0 Å². The molecule has 3 aromatic rings. The van der Waals surface area contributed by atoms with Crippen LogP contribution in [0, 0.1) is 13.8 Å². The Balaban J connectivity index is 0.000000555. The van der Waals surface area contributed by atoms with Crippen LogP contribution in [0.3, 0.4) is 0 Å². The summed E-state index contributed by atoms with van der Waals surface area (Å²) in [5.74, 6) is -0.481. The number of H-pyrrole nitrogens is 1. The van der Waals surface area contributed by atoms with Crippen molar-refractivity contribution in [2.24, 2.45) is 5.73 Å². The van der Waals surface area contributed by atoms with E-state index in [2.05, 4.69) is 27.0 Å². The Morgan fingerprint density at radius 3 is 2.52 bits per heavy atom. The van der Waals surface area contributed by atoms with Crippen molar-refractivity contribution in [2.45, 2.75) is 50.6 Å². The third-order valence-electron chi connectivity index (χ3n) is 5.16. The van der Waals surface area contributed by atoms with E-state index in [9.17, 15) is 22.8 Å². The lowest BCUT2D eigenvalue weighted by molar-refractivity contribution is -0.113. The fraction of sp³-hybridized carbons (Fsp3) is 0.333. The number of benzene rings is 1. The molecule has 10 nitrogen and oxygen atoms in total. The lowest BCUT2D eigenvalue weighted by atomic mass is 10.2. The van der Waals surface area contributed by atoms with E-state index in [-0.39, 0.29) is 16.8 Å². The average molecular weight is 492 g/mol. The number of rotatable bonds is 6. The second-order valence-electron chi connectivity index (χ2n) is 8.04. The molecule has 2 aromatic heterocycles. The molecule has 0 radical (unpaired) electrons. The normalized spacial score (nSPS) is 14.4. The topological polar surface area (TPSA) is 157 Å². The van der Waals surface area contributed by atoms with Gasteiger partial charge in [0.25, 0.3) is 5.56 Å². The van der Waals surface area contributed by atoms with Crippen molar-refractivity contribution in [3.63, 3.8) is 0 Å². The van der Waals surface area contributed by atoms with Gasteiger partial charge < -0.3 is 5.73 Å². The number of nitrogens with one attached hydrogen (secondary N) is 2. The zero-order valence-electron chi connectivity index (χ0n) is 18.5. The molecular formula is C21H25N5O5S2. The number of thiazole rings is 1. The van der Waals surface area contributed by atoms with Crippen LogP contribution < -0.4 is 21.7 Å². The van der Waals surface area contributed by atoms with Gasteiger partial charge in [0.1, 0.15) is 0 Å². The monoisotopic (exact) mass is 491 g/mol. The lowest BCUT2D eigenvalue weighted by Crippen LogP contribution is -2.34. The van der Waals surface area contributed by atoms with Crippen LogP contribution in [-0.4, -0.2) is 34.4 Å². The molecule has 0 aliphatic heterocycles. The Morgan fingerprint density at radius 1 is 1.36 bits per heavy atom. The highest BCUT2D eigenvalue weighted by molar-refractivity contribution is 7.89. The third kappa shape index (κ3) is 5.64. The van der Waals surface area contributed by atoms with Gasteiger partial charge in [-0.25, -0.2) is 22.9 Å². The minimum absolute atomic E-state index is 0.00800. The van der Waals surface area contributed by atoms with E-state index in [0.29, 0.717) is 5.52 Å². The summed E-state index contributed by atoms with van der Waals surface area (Å²) in [4.78, 5) is 41.8. The number of primary amides is 1. The smallest absolute Gasteiger partial charge is 0.329 e. The number of aromatic amines is 1. The zero-order valence-corrected chi connectivity index (χ0v) is 20.1. The number of amides is 1. The van der Waals surface area contributed by atoms with Gasteiger partial charge in [-0.1, -0.05) is 6.58 Å². The number of carbonyl (C=O) groups is 1. The van der Waals surface area contributed by atoms with Crippen LogP contribution in [0.25, 0.3) is 10.9 Å². The highest BCUT2D eigenvalue weighted by Crippen LogP contribution is 2.36. The highest BCUT2D eigenvalue weighted by atomic mass is 32.2. The highest BCUT2D eigenvalue weighted by Gasteiger charge is 2.41. The molecule has 1 saturated carbocycles. The lowest BCUT2D eigenvalue weighted by Gasteiger charge is -2.13. The van der Waals surface area contributed by atoms with Gasteiger partial charge in [-0.2, -0.15) is 0 Å². The molecule has 0 unspecified atom stereocenters. The Morgan fingerprint density at radius 2 is 2.00 bits per heavy atom. The molecule has 2 heterocycles. The van der Waals surface area contributed by atoms with Crippen LogP contribution in [0.1, 0.15) is 35.3 Å². The maximum absolute atomic E-state index is 12.6. The standard InChI is InChI=1S/C18H20N4O4S2.C3H5NO/c1-10-15(27-11(2)19-10)9-22-14-5-4-12(8-13(14)16(23)20-17(22)24)28(25,26)21-18(3)6-7-18;1-2-3(4)5/h4-5,8,21H,6-7,9H2,1-3H3,(H,20,23,24);2H,1H2,(H2,4,5). The molecule has 1 aliphatic rings. The summed E-state index contributed by atoms with van der Waals surface area (Å²) in [6.45, 7) is 8.94. The number of hydrogen-bond donors (Lipinski definition) is 3. The van der Waals surface area contributed by atoms with E-state index in [1.165, 1.54) is 34.1 Å². The van der Waals surface area contributed by atoms with Gasteiger partial charge in [-0.05, 0) is 57.9 Å². The van der Waals surface area contributed by atoms with Gasteiger partial charge in [0.2, 0.25) is 15.9 Å². The molecule has 1 aromatic carbocycles. The summed E-state index contributed by atoms with van der Waals surface area (Å²) in [5, 5.41) is 1.05. The van der Waals surface area contributed by atoms with Gasteiger partial charge in [-0.15, -0.1) is 11.3 Å². The van der Waals surface area contributed by atoms with E-state index in [0.717, 1.165) is 34.5 Å². The summed E-state index contributed by atoms with van der Waals surface area (Å²) in [6.07, 6.45) is 2.63. The number of nitrogens with two attached hydrogens (primary N) is 1. The number of hydrogen-bond acceptors (Lipinski definition) is 7. The summed E-state index contributed by atoms with van der Waals surface area (Å²) >= 11 is 1.48. The minimum atomic E-state index is -3.75. The van der Waals surface area contributed by atoms with Crippen LogP contribution in [0.2, 0.25) is 0 Å². The molecule has 1 fully saturated rings. The van der Waals surface area contributed by atoms with Gasteiger partial charge >= 0.3 is 5.69 Å². The van der Waals surface area contributed by atoms with Crippen LogP contribution in [-0.2, 0) is 21.4 Å². The van der Waals surface area contributed by atoms with E-state index in [1.54, 1.807) is 0 Å². The number of sulfonamides is 1. The molecule has 12 heteroatoms. The van der Waals surface area contributed by atoms with E-state index < -0.39 is 32.7 Å². The molecule has 176 valence electrons. The van der Waals surface area contributed by atoms with Gasteiger partial charge in [0.05, 0.1) is 33.0 Å². The van der Waals surface area contributed by atoms with E-state index >= 15 is 0 Å². The Bertz CT molecular complexity index is 1460. The number of carbonyl (C=O) groups excluding carboxylic acids is 1. The average Bonchev–Trinajstić information content (AvgIpc) is 3.35. The first-order valence-electron chi connectivity index (χ1n) is 10.0. The van der Waals surface area contributed by atoms with Gasteiger partial charge in [0.15, 0.2) is 0 Å². The second-order valence-corrected chi connectivity index (χ2v) is 11.0. The Labute approximate surface area is 194 Å². The largest absolute Gasteiger partial charge is 0.366 e. The molecule has 0 atom stereocenters. The molecule has 0 bridgehead atoms. The third-order valence-corrected chi connectivity index (χ3v) is 7.86. The Hall–Kier alpha value is -3.09. The minimum Gasteiger partial charge on any atom is -0.366 e. The maximum Gasteiger partial charge on any atom is 0.329 e. The van der Waals surface area contributed by atoms with Crippen LogP contribution >= 0.6 is 11.3 Å². The number of aromatic nitrogens is 3. The second kappa shape index (κ2) is 9.04. The molecule has 33 heavy (non-hydrogen) atoms. The number of aryl methyl sites for hydroxylation is 2. The van der Waals surface area contributed by atoms with Crippen molar-refractivity contribution in [3.05, 3.63) is 67.3 Å². The van der Waals surface area contributed by atoms with Crippen molar-refractivity contribution in [1.29, 1.82) is 0 Å². The molecular weight excluding hydrogens is 466 g/mol. The van der Waals surface area contributed by atoms with Crippen molar-refractivity contribution < 1.29 is 13.2 Å². The first kappa shape index (κ1) is 24.6. The fourth-order valence-electron chi connectivity index (χ4n) is 3.13. The van der Waals surface area contributed by atoms with Gasteiger partial charge in [0, 0.05) is 10.4 Å². The van der Waals surface area contributed by atoms with Crippen LogP contribution in [0.5, 0.6) is 0 Å². The summed E-state index contributed by atoms with van der Waals surface area (Å²) in [5.41, 5.74) is 4.18. The summed E-state index contributed by atoms with van der Waals surface area (Å²) < 4.78 is 29.4. The molecule has 0 saturated heterocycles. The van der Waals surface area contributed by atoms with E-state index in [4.69, 9.17) is 0 Å². The predicted octanol–water partition coefficient (Wildman–Crippen LogP) is 1.30. The van der Waals surface area contributed by atoms with Crippen molar-refractivity contribution in [1.82, 2.24) is 19.3 Å². The number of fused-ring (bicyclic) bond motifs is 1. The maximum atomic E-state index is 12.6. The molecule has 1 amide bonds. The van der Waals surface area contributed by atoms with Crippen molar-refractivity contribution >= 4 is 38.2 Å². The Kier molecular flexibility index (Phi) is 6.73. The predicted molar refractivity (Wildman–Crippen MR) is 127 cm³/mol. The summed E-state index contributed by atoms with van der Waals surface area (Å²) in [6, 6.07) is 4.26. The summed E-state index contributed by atoms with van der Waals surface area (Å²) in [7, 11) is -3.75. The van der Waals surface area contributed by atoms with Crippen molar-refractivity contribution in [3.8, 4) is 0 Å². The zero-order chi connectivity index (χ0) is 24.6. The van der Waals surface area contributed by atoms with Crippen LogP contribution in [0.4, 0.5) is 0 Å².